The van der Waals surface area contributed by atoms with Crippen LogP contribution in [0.2, 0.25) is 0 Å². The molecule has 0 amide bonds. The molecule has 4 fully saturated rings. The van der Waals surface area contributed by atoms with Crippen molar-refractivity contribution in [2.75, 3.05) is 13.1 Å². The molecule has 0 aromatic carbocycles. The van der Waals surface area contributed by atoms with E-state index in [1.165, 1.54) is 32.4 Å². The monoisotopic (exact) mass is 261 g/mol. The highest BCUT2D eigenvalue weighted by molar-refractivity contribution is 5.11. The minimum absolute atomic E-state index is 0.773. The van der Waals surface area contributed by atoms with E-state index in [4.69, 9.17) is 0 Å². The Hall–Kier alpha value is -0.0400. The standard InChI is InChI=1S/C18H31N/c1-12(2)13-7-8-15(17-11-19(17)10-13)16-6-4-5-14-9-18(14,16)3/h12-17H,4-11H2,1-3H3/t13?,14-,15?,16?,17?,18?,19-/m0/s1. The zero-order chi connectivity index (χ0) is 13.2. The normalized spacial score (nSPS) is 56.2. The number of fused-ring (bicyclic) bond motifs is 2. The Balaban J connectivity index is 1.50. The molecule has 2 aliphatic heterocycles. The highest BCUT2D eigenvalue weighted by atomic mass is 15.3. The van der Waals surface area contributed by atoms with Crippen LogP contribution < -0.4 is 0 Å². The van der Waals surface area contributed by atoms with Gasteiger partial charge in [0, 0.05) is 19.1 Å². The van der Waals surface area contributed by atoms with Gasteiger partial charge in [0.25, 0.3) is 0 Å². The van der Waals surface area contributed by atoms with Gasteiger partial charge >= 0.3 is 0 Å². The van der Waals surface area contributed by atoms with Gasteiger partial charge in [-0.1, -0.05) is 27.2 Å². The van der Waals surface area contributed by atoms with Crippen molar-refractivity contribution < 1.29 is 0 Å². The third-order valence-corrected chi connectivity index (χ3v) is 7.42. The van der Waals surface area contributed by atoms with Gasteiger partial charge in [0.2, 0.25) is 0 Å². The molecule has 0 aromatic rings. The van der Waals surface area contributed by atoms with E-state index in [0.717, 1.165) is 41.0 Å². The molecule has 2 aliphatic carbocycles. The van der Waals surface area contributed by atoms with E-state index in [1.807, 2.05) is 0 Å². The summed E-state index contributed by atoms with van der Waals surface area (Å²) in [5, 5.41) is 0. The average molecular weight is 261 g/mol. The van der Waals surface area contributed by atoms with Crippen molar-refractivity contribution in [3.8, 4) is 0 Å². The lowest BCUT2D eigenvalue weighted by Crippen LogP contribution is -2.31. The van der Waals surface area contributed by atoms with Gasteiger partial charge in [-0.3, -0.25) is 4.90 Å². The van der Waals surface area contributed by atoms with Gasteiger partial charge in [-0.2, -0.15) is 0 Å². The van der Waals surface area contributed by atoms with E-state index in [9.17, 15) is 0 Å². The Morgan fingerprint density at radius 2 is 1.89 bits per heavy atom. The van der Waals surface area contributed by atoms with Crippen molar-refractivity contribution in [1.29, 1.82) is 0 Å². The molecule has 7 atom stereocenters. The molecule has 0 aromatic heterocycles. The Kier molecular flexibility index (Phi) is 2.82. The van der Waals surface area contributed by atoms with Gasteiger partial charge in [0.15, 0.2) is 0 Å². The first-order chi connectivity index (χ1) is 9.09. The first kappa shape index (κ1) is 12.7. The van der Waals surface area contributed by atoms with Crippen molar-refractivity contribution in [1.82, 2.24) is 4.90 Å². The highest BCUT2D eigenvalue weighted by Crippen LogP contribution is 2.67. The summed E-state index contributed by atoms with van der Waals surface area (Å²) < 4.78 is 0. The van der Waals surface area contributed by atoms with Crippen LogP contribution in [0, 0.1) is 35.0 Å². The molecule has 2 saturated heterocycles. The highest BCUT2D eigenvalue weighted by Gasteiger charge is 2.61. The SMILES string of the molecule is CC(C)C1CCC(C2CCC[C@H]3CC23C)C2C[N@]2C1. The second-order valence-electron chi connectivity index (χ2n) is 8.71. The fraction of sp³-hybridized carbons (Fsp3) is 1.00. The summed E-state index contributed by atoms with van der Waals surface area (Å²) in [6.45, 7) is 10.3. The molecule has 0 radical (unpaired) electrons. The topological polar surface area (TPSA) is 3.01 Å². The van der Waals surface area contributed by atoms with E-state index >= 15 is 0 Å². The molecule has 0 spiro atoms. The molecule has 4 rings (SSSR count). The summed E-state index contributed by atoms with van der Waals surface area (Å²) in [6.07, 6.45) is 9.23. The summed E-state index contributed by atoms with van der Waals surface area (Å²) in [7, 11) is 0. The predicted octanol–water partition coefficient (Wildman–Crippen LogP) is 4.18. The number of rotatable bonds is 2. The first-order valence-electron chi connectivity index (χ1n) is 8.83. The summed E-state index contributed by atoms with van der Waals surface area (Å²) in [4.78, 5) is 2.82. The third kappa shape index (κ3) is 1.99. The minimum Gasteiger partial charge on any atom is -0.297 e. The van der Waals surface area contributed by atoms with Crippen molar-refractivity contribution >= 4 is 0 Å². The summed E-state index contributed by atoms with van der Waals surface area (Å²) in [5.74, 6) is 5.10. The average Bonchev–Trinajstić information content (AvgIpc) is 3.19. The van der Waals surface area contributed by atoms with Crippen LogP contribution >= 0.6 is 0 Å². The van der Waals surface area contributed by atoms with Gasteiger partial charge in [-0.25, -0.2) is 0 Å². The predicted molar refractivity (Wildman–Crippen MR) is 80.0 cm³/mol. The van der Waals surface area contributed by atoms with Gasteiger partial charge in [0.1, 0.15) is 0 Å². The Bertz CT molecular complexity index is 363. The van der Waals surface area contributed by atoms with E-state index in [-0.39, 0.29) is 0 Å². The molecule has 1 heteroatoms. The van der Waals surface area contributed by atoms with E-state index in [2.05, 4.69) is 25.7 Å². The van der Waals surface area contributed by atoms with Crippen LogP contribution in [0.25, 0.3) is 0 Å². The van der Waals surface area contributed by atoms with Crippen LogP contribution in [0.15, 0.2) is 0 Å². The van der Waals surface area contributed by atoms with Crippen LogP contribution in [0.1, 0.15) is 59.3 Å². The molecule has 0 bridgehead atoms. The smallest absolute Gasteiger partial charge is 0.0255 e. The van der Waals surface area contributed by atoms with Crippen LogP contribution in [-0.2, 0) is 0 Å². The molecular weight excluding hydrogens is 230 g/mol. The van der Waals surface area contributed by atoms with E-state index in [0.29, 0.717) is 0 Å². The maximum Gasteiger partial charge on any atom is 0.0255 e. The van der Waals surface area contributed by atoms with Gasteiger partial charge in [-0.15, -0.1) is 0 Å². The van der Waals surface area contributed by atoms with Gasteiger partial charge in [0.05, 0.1) is 0 Å². The lowest BCUT2D eigenvalue weighted by atomic mass is 9.69. The van der Waals surface area contributed by atoms with E-state index in [1.54, 1.807) is 19.3 Å². The second kappa shape index (κ2) is 4.23. The zero-order valence-electron chi connectivity index (χ0n) is 13.1. The molecular formula is C18H31N. The summed E-state index contributed by atoms with van der Waals surface area (Å²) in [5.41, 5.74) is 0.773. The summed E-state index contributed by atoms with van der Waals surface area (Å²) in [6, 6.07) is 0.991. The quantitative estimate of drug-likeness (QED) is 0.674. The lowest BCUT2D eigenvalue weighted by molar-refractivity contribution is 0.139. The van der Waals surface area contributed by atoms with Crippen LogP contribution in [0.5, 0.6) is 0 Å². The fourth-order valence-electron chi connectivity index (χ4n) is 5.79. The first-order valence-corrected chi connectivity index (χ1v) is 8.83. The van der Waals surface area contributed by atoms with Crippen molar-refractivity contribution in [2.24, 2.45) is 35.0 Å². The maximum absolute atomic E-state index is 2.82. The second-order valence-corrected chi connectivity index (χ2v) is 8.71. The number of hydrogen-bond acceptors (Lipinski definition) is 1. The van der Waals surface area contributed by atoms with Crippen molar-refractivity contribution in [3.63, 3.8) is 0 Å². The van der Waals surface area contributed by atoms with Crippen molar-refractivity contribution in [3.05, 3.63) is 0 Å². The Morgan fingerprint density at radius 3 is 2.68 bits per heavy atom. The molecule has 2 saturated carbocycles. The van der Waals surface area contributed by atoms with Crippen LogP contribution in [0.4, 0.5) is 0 Å². The molecule has 19 heavy (non-hydrogen) atoms. The maximum atomic E-state index is 2.82. The van der Waals surface area contributed by atoms with Gasteiger partial charge in [-0.05, 0) is 67.1 Å². The molecule has 4 aliphatic rings. The molecule has 1 nitrogen and oxygen atoms in total. The molecule has 108 valence electrons. The fourth-order valence-corrected chi connectivity index (χ4v) is 5.79. The zero-order valence-corrected chi connectivity index (χ0v) is 13.1. The molecule has 2 heterocycles. The third-order valence-electron chi connectivity index (χ3n) is 7.42. The van der Waals surface area contributed by atoms with Crippen molar-refractivity contribution in [2.45, 2.75) is 65.3 Å². The number of hydrogen-bond donors (Lipinski definition) is 0. The van der Waals surface area contributed by atoms with E-state index < -0.39 is 0 Å². The van der Waals surface area contributed by atoms with Crippen LogP contribution in [0.3, 0.4) is 0 Å². The lowest BCUT2D eigenvalue weighted by Gasteiger charge is -2.36. The van der Waals surface area contributed by atoms with Crippen LogP contribution in [-0.4, -0.2) is 24.0 Å². The number of nitrogens with zero attached hydrogens (tertiary/aromatic N) is 1. The Morgan fingerprint density at radius 1 is 1.05 bits per heavy atom. The Labute approximate surface area is 119 Å². The minimum atomic E-state index is 0.773. The van der Waals surface area contributed by atoms with Gasteiger partial charge < -0.3 is 0 Å². The molecule has 0 N–H and O–H groups in total. The summed E-state index contributed by atoms with van der Waals surface area (Å²) >= 11 is 0. The largest absolute Gasteiger partial charge is 0.297 e. The molecule has 5 unspecified atom stereocenters.